The van der Waals surface area contributed by atoms with Crippen molar-refractivity contribution in [3.05, 3.63) is 12.2 Å². The van der Waals surface area contributed by atoms with Gasteiger partial charge in [-0.05, 0) is 32.6 Å². The third-order valence-corrected chi connectivity index (χ3v) is 2.37. The van der Waals surface area contributed by atoms with Crippen molar-refractivity contribution in [2.45, 2.75) is 38.6 Å². The molecule has 0 spiro atoms. The molecule has 2 N–H and O–H groups in total. The van der Waals surface area contributed by atoms with Crippen molar-refractivity contribution in [1.82, 2.24) is 10.6 Å². The van der Waals surface area contributed by atoms with Crippen molar-refractivity contribution in [2.75, 3.05) is 6.54 Å². The molecule has 0 unspecified atom stereocenters. The Hall–Kier alpha value is -0.990. The quantitative estimate of drug-likeness (QED) is 0.628. The van der Waals surface area contributed by atoms with Gasteiger partial charge in [-0.15, -0.1) is 0 Å². The Kier molecular flexibility index (Phi) is 3.80. The van der Waals surface area contributed by atoms with E-state index in [0.29, 0.717) is 12.6 Å². The van der Waals surface area contributed by atoms with Gasteiger partial charge in [-0.2, -0.15) is 0 Å². The first-order valence-corrected chi connectivity index (χ1v) is 4.93. The average molecular weight is 182 g/mol. The summed E-state index contributed by atoms with van der Waals surface area (Å²) in [5, 5.41) is 5.68. The van der Waals surface area contributed by atoms with E-state index in [4.69, 9.17) is 0 Å². The van der Waals surface area contributed by atoms with Crippen LogP contribution >= 0.6 is 0 Å². The second-order valence-electron chi connectivity index (χ2n) is 3.53. The standard InChI is InChI=1S/C10H18N2O/c1-3-11-10(13)12-9-6-4-8(2)5-7-9/h9H,2-7H2,1H3,(H2,11,12,13). The number of urea groups is 1. The monoisotopic (exact) mass is 182 g/mol. The summed E-state index contributed by atoms with van der Waals surface area (Å²) in [7, 11) is 0. The van der Waals surface area contributed by atoms with Gasteiger partial charge in [0.2, 0.25) is 0 Å². The SMILES string of the molecule is C=C1CCC(NC(=O)NCC)CC1. The van der Waals surface area contributed by atoms with Gasteiger partial charge < -0.3 is 10.6 Å². The molecule has 1 saturated carbocycles. The van der Waals surface area contributed by atoms with Crippen molar-refractivity contribution in [2.24, 2.45) is 0 Å². The Labute approximate surface area is 79.6 Å². The molecule has 0 heterocycles. The number of nitrogens with one attached hydrogen (secondary N) is 2. The molecule has 1 aliphatic rings. The molecule has 0 atom stereocenters. The van der Waals surface area contributed by atoms with E-state index >= 15 is 0 Å². The van der Waals surface area contributed by atoms with E-state index in [9.17, 15) is 4.79 Å². The maximum absolute atomic E-state index is 11.1. The van der Waals surface area contributed by atoms with Crippen LogP contribution in [0.3, 0.4) is 0 Å². The van der Waals surface area contributed by atoms with Crippen molar-refractivity contribution >= 4 is 6.03 Å². The predicted octanol–water partition coefficient (Wildman–Crippen LogP) is 1.80. The van der Waals surface area contributed by atoms with Gasteiger partial charge in [-0.25, -0.2) is 4.79 Å². The Bertz CT molecular complexity index is 191. The van der Waals surface area contributed by atoms with Crippen molar-refractivity contribution < 1.29 is 4.79 Å². The van der Waals surface area contributed by atoms with Gasteiger partial charge >= 0.3 is 6.03 Å². The average Bonchev–Trinajstić information content (AvgIpc) is 2.09. The number of amides is 2. The fraction of sp³-hybridized carbons (Fsp3) is 0.700. The van der Waals surface area contributed by atoms with E-state index in [2.05, 4.69) is 17.2 Å². The van der Waals surface area contributed by atoms with Gasteiger partial charge in [-0.3, -0.25) is 0 Å². The molecule has 0 saturated heterocycles. The summed E-state index contributed by atoms with van der Waals surface area (Å²) >= 11 is 0. The molecule has 74 valence electrons. The van der Waals surface area contributed by atoms with Crippen LogP contribution in [-0.2, 0) is 0 Å². The van der Waals surface area contributed by atoms with Crippen molar-refractivity contribution in [1.29, 1.82) is 0 Å². The first kappa shape index (κ1) is 10.1. The number of carbonyl (C=O) groups excluding carboxylic acids is 1. The third-order valence-electron chi connectivity index (χ3n) is 2.37. The van der Waals surface area contributed by atoms with Gasteiger partial charge in [0.1, 0.15) is 0 Å². The minimum Gasteiger partial charge on any atom is -0.338 e. The Morgan fingerprint density at radius 3 is 2.69 bits per heavy atom. The lowest BCUT2D eigenvalue weighted by molar-refractivity contribution is 0.235. The molecule has 0 aromatic rings. The van der Waals surface area contributed by atoms with Gasteiger partial charge in [0.25, 0.3) is 0 Å². The maximum Gasteiger partial charge on any atom is 0.314 e. The highest BCUT2D eigenvalue weighted by Gasteiger charge is 2.16. The van der Waals surface area contributed by atoms with Gasteiger partial charge in [0.15, 0.2) is 0 Å². The molecule has 13 heavy (non-hydrogen) atoms. The predicted molar refractivity (Wildman–Crippen MR) is 53.6 cm³/mol. The van der Waals surface area contributed by atoms with E-state index in [1.54, 1.807) is 0 Å². The summed E-state index contributed by atoms with van der Waals surface area (Å²) in [6.07, 6.45) is 4.18. The number of rotatable bonds is 2. The molecule has 1 rings (SSSR count). The zero-order valence-corrected chi connectivity index (χ0v) is 8.23. The zero-order valence-electron chi connectivity index (χ0n) is 8.23. The maximum atomic E-state index is 11.1. The Balaban J connectivity index is 2.22. The number of carbonyl (C=O) groups is 1. The molecule has 0 bridgehead atoms. The highest BCUT2D eigenvalue weighted by molar-refractivity contribution is 5.74. The second-order valence-corrected chi connectivity index (χ2v) is 3.53. The largest absolute Gasteiger partial charge is 0.338 e. The topological polar surface area (TPSA) is 41.1 Å². The van der Waals surface area contributed by atoms with Gasteiger partial charge in [0.05, 0.1) is 0 Å². The van der Waals surface area contributed by atoms with E-state index in [0.717, 1.165) is 25.7 Å². The summed E-state index contributed by atoms with van der Waals surface area (Å²) < 4.78 is 0. The third kappa shape index (κ3) is 3.49. The summed E-state index contributed by atoms with van der Waals surface area (Å²) in [6.45, 7) is 6.54. The van der Waals surface area contributed by atoms with Crippen LogP contribution in [0.1, 0.15) is 32.6 Å². The zero-order chi connectivity index (χ0) is 9.68. The van der Waals surface area contributed by atoms with E-state index in [1.165, 1.54) is 5.57 Å². The molecule has 1 aliphatic carbocycles. The molecule has 3 heteroatoms. The van der Waals surface area contributed by atoms with Gasteiger partial charge in [0, 0.05) is 12.6 Å². The molecule has 2 amide bonds. The fourth-order valence-corrected chi connectivity index (χ4v) is 1.57. The highest BCUT2D eigenvalue weighted by Crippen LogP contribution is 2.21. The lowest BCUT2D eigenvalue weighted by atomic mass is 9.92. The van der Waals surface area contributed by atoms with E-state index < -0.39 is 0 Å². The lowest BCUT2D eigenvalue weighted by Gasteiger charge is -2.24. The van der Waals surface area contributed by atoms with Crippen molar-refractivity contribution in [3.8, 4) is 0 Å². The summed E-state index contributed by atoms with van der Waals surface area (Å²) in [6, 6.07) is 0.303. The van der Waals surface area contributed by atoms with E-state index in [-0.39, 0.29) is 6.03 Å². The minimum absolute atomic E-state index is 0.0417. The first-order valence-electron chi connectivity index (χ1n) is 4.93. The van der Waals surface area contributed by atoms with Crippen LogP contribution in [0.5, 0.6) is 0 Å². The normalized spacial score (nSPS) is 18.4. The summed E-state index contributed by atoms with van der Waals surface area (Å²) in [5.74, 6) is 0. The van der Waals surface area contributed by atoms with Crippen LogP contribution in [0.15, 0.2) is 12.2 Å². The van der Waals surface area contributed by atoms with E-state index in [1.807, 2.05) is 6.92 Å². The molecule has 0 radical (unpaired) electrons. The van der Waals surface area contributed by atoms with Crippen molar-refractivity contribution in [3.63, 3.8) is 0 Å². The molecule has 3 nitrogen and oxygen atoms in total. The van der Waals surface area contributed by atoms with Crippen LogP contribution in [0.2, 0.25) is 0 Å². The van der Waals surface area contributed by atoms with Crippen LogP contribution < -0.4 is 10.6 Å². The number of hydrogen-bond donors (Lipinski definition) is 2. The first-order chi connectivity index (χ1) is 6.22. The molecule has 1 fully saturated rings. The Morgan fingerprint density at radius 1 is 1.54 bits per heavy atom. The highest BCUT2D eigenvalue weighted by atomic mass is 16.2. The summed E-state index contributed by atoms with van der Waals surface area (Å²) in [5.41, 5.74) is 1.31. The Morgan fingerprint density at radius 2 is 2.15 bits per heavy atom. The smallest absolute Gasteiger partial charge is 0.314 e. The molecule has 0 aromatic carbocycles. The lowest BCUT2D eigenvalue weighted by Crippen LogP contribution is -2.42. The fourth-order valence-electron chi connectivity index (χ4n) is 1.57. The molecule has 0 aromatic heterocycles. The molecular formula is C10H18N2O. The molecule has 0 aliphatic heterocycles. The van der Waals surface area contributed by atoms with Crippen LogP contribution in [0.4, 0.5) is 4.79 Å². The number of allylic oxidation sites excluding steroid dienone is 1. The van der Waals surface area contributed by atoms with Gasteiger partial charge in [-0.1, -0.05) is 12.2 Å². The van der Waals surface area contributed by atoms with Crippen LogP contribution in [-0.4, -0.2) is 18.6 Å². The number of hydrogen-bond acceptors (Lipinski definition) is 1. The van der Waals surface area contributed by atoms with Crippen LogP contribution in [0, 0.1) is 0 Å². The summed E-state index contributed by atoms with van der Waals surface area (Å²) in [4.78, 5) is 11.1. The van der Waals surface area contributed by atoms with Crippen LogP contribution in [0.25, 0.3) is 0 Å². The second kappa shape index (κ2) is 4.90. The minimum atomic E-state index is -0.0417. The molecular weight excluding hydrogens is 164 g/mol.